The molecule has 1 aromatic carbocycles. The number of hydrogen-bond donors (Lipinski definition) is 3. The van der Waals surface area contributed by atoms with Gasteiger partial charge in [-0.3, -0.25) is 10.2 Å². The normalized spacial score (nSPS) is 9.93. The average Bonchev–Trinajstić information content (AvgIpc) is 2.20. The quantitative estimate of drug-likeness (QED) is 0.372. The van der Waals surface area contributed by atoms with Crippen LogP contribution in [0.4, 0.5) is 4.39 Å². The van der Waals surface area contributed by atoms with Gasteiger partial charge in [0.05, 0.1) is 5.56 Å². The average molecular weight is 198 g/mol. The highest BCUT2D eigenvalue weighted by molar-refractivity contribution is 5.94. The molecule has 0 unspecified atom stereocenters. The zero-order chi connectivity index (χ0) is 10.7. The van der Waals surface area contributed by atoms with Crippen molar-refractivity contribution in [2.75, 3.05) is 0 Å². The molecule has 76 valence electrons. The molecular formula is C9H11FN2O2. The van der Waals surface area contributed by atoms with Gasteiger partial charge in [-0.15, -0.1) is 0 Å². The van der Waals surface area contributed by atoms with Crippen LogP contribution < -0.4 is 11.3 Å². The second-order valence-electron chi connectivity index (χ2n) is 2.80. The van der Waals surface area contributed by atoms with E-state index in [2.05, 4.69) is 0 Å². The summed E-state index contributed by atoms with van der Waals surface area (Å²) in [6.07, 6.45) is 0.596. The molecular weight excluding hydrogens is 187 g/mol. The van der Waals surface area contributed by atoms with Crippen molar-refractivity contribution in [3.05, 3.63) is 29.1 Å². The molecule has 0 aliphatic heterocycles. The van der Waals surface area contributed by atoms with Crippen LogP contribution in [0.25, 0.3) is 0 Å². The number of aryl methyl sites for hydroxylation is 1. The standard InChI is InChI=1S/C9H11FN2O2/c1-2-5-3-6(9(14)12-11)8(10)7(13)4-5/h3-4,13H,2,11H2,1H3,(H,12,14). The predicted molar refractivity (Wildman–Crippen MR) is 49.1 cm³/mol. The van der Waals surface area contributed by atoms with Gasteiger partial charge in [-0.2, -0.15) is 0 Å². The van der Waals surface area contributed by atoms with Crippen LogP contribution in [0.3, 0.4) is 0 Å². The van der Waals surface area contributed by atoms with E-state index in [0.717, 1.165) is 0 Å². The van der Waals surface area contributed by atoms with Crippen molar-refractivity contribution >= 4 is 5.91 Å². The third-order valence-electron chi connectivity index (χ3n) is 1.90. The molecule has 5 heteroatoms. The number of aromatic hydroxyl groups is 1. The van der Waals surface area contributed by atoms with E-state index in [1.165, 1.54) is 12.1 Å². The smallest absolute Gasteiger partial charge is 0.268 e. The minimum atomic E-state index is -0.954. The first kappa shape index (κ1) is 10.5. The summed E-state index contributed by atoms with van der Waals surface area (Å²) in [5.74, 6) is 2.62. The van der Waals surface area contributed by atoms with Crippen molar-refractivity contribution in [3.63, 3.8) is 0 Å². The number of nitrogen functional groups attached to an aromatic ring is 1. The van der Waals surface area contributed by atoms with Gasteiger partial charge in [0.25, 0.3) is 5.91 Å². The summed E-state index contributed by atoms with van der Waals surface area (Å²) < 4.78 is 13.2. The highest BCUT2D eigenvalue weighted by Crippen LogP contribution is 2.21. The lowest BCUT2D eigenvalue weighted by Gasteiger charge is -2.05. The maximum atomic E-state index is 13.2. The maximum absolute atomic E-state index is 13.2. The third-order valence-corrected chi connectivity index (χ3v) is 1.90. The van der Waals surface area contributed by atoms with Crippen LogP contribution >= 0.6 is 0 Å². The molecule has 0 aliphatic rings. The summed E-state index contributed by atoms with van der Waals surface area (Å²) in [6.45, 7) is 1.83. The van der Waals surface area contributed by atoms with Crippen molar-refractivity contribution in [2.24, 2.45) is 5.84 Å². The number of nitrogens with one attached hydrogen (secondary N) is 1. The molecule has 0 saturated carbocycles. The zero-order valence-electron chi connectivity index (χ0n) is 7.67. The molecule has 0 aliphatic carbocycles. The number of carbonyl (C=O) groups excluding carboxylic acids is 1. The van der Waals surface area contributed by atoms with E-state index in [1.807, 2.05) is 12.3 Å². The number of amides is 1. The van der Waals surface area contributed by atoms with Gasteiger partial charge in [-0.1, -0.05) is 6.92 Å². The molecule has 1 rings (SSSR count). The number of rotatable bonds is 2. The Morgan fingerprint density at radius 1 is 1.64 bits per heavy atom. The van der Waals surface area contributed by atoms with Crippen molar-refractivity contribution in [2.45, 2.75) is 13.3 Å². The molecule has 14 heavy (non-hydrogen) atoms. The molecule has 0 aromatic heterocycles. The predicted octanol–water partition coefficient (Wildman–Crippen LogP) is 0.697. The molecule has 0 fully saturated rings. The SMILES string of the molecule is CCc1cc(O)c(F)c(C(=O)NN)c1. The van der Waals surface area contributed by atoms with Gasteiger partial charge >= 0.3 is 0 Å². The molecule has 4 N–H and O–H groups in total. The molecule has 0 saturated heterocycles. The van der Waals surface area contributed by atoms with Gasteiger partial charge in [0.2, 0.25) is 0 Å². The molecule has 1 aromatic rings. The van der Waals surface area contributed by atoms with E-state index in [1.54, 1.807) is 0 Å². The largest absolute Gasteiger partial charge is 0.505 e. The topological polar surface area (TPSA) is 75.3 Å². The van der Waals surface area contributed by atoms with Gasteiger partial charge < -0.3 is 5.11 Å². The Bertz CT molecular complexity index is 366. The molecule has 0 heterocycles. The summed E-state index contributed by atoms with van der Waals surface area (Å²) in [7, 11) is 0. The Balaban J connectivity index is 3.27. The summed E-state index contributed by atoms with van der Waals surface area (Å²) in [5.41, 5.74) is 2.23. The highest BCUT2D eigenvalue weighted by Gasteiger charge is 2.15. The fourth-order valence-corrected chi connectivity index (χ4v) is 1.11. The van der Waals surface area contributed by atoms with Gasteiger partial charge in [-0.05, 0) is 24.1 Å². The Labute approximate surface area is 80.5 Å². The van der Waals surface area contributed by atoms with E-state index in [4.69, 9.17) is 10.9 Å². The number of hydrazine groups is 1. The fourth-order valence-electron chi connectivity index (χ4n) is 1.11. The minimum Gasteiger partial charge on any atom is -0.505 e. The number of halogens is 1. The first-order valence-electron chi connectivity index (χ1n) is 4.12. The Morgan fingerprint density at radius 3 is 2.79 bits per heavy atom. The number of phenolic OH excluding ortho intramolecular Hbond substituents is 1. The minimum absolute atomic E-state index is 0.246. The van der Waals surface area contributed by atoms with Crippen LogP contribution in [-0.2, 0) is 6.42 Å². The zero-order valence-corrected chi connectivity index (χ0v) is 7.67. The van der Waals surface area contributed by atoms with Gasteiger partial charge in [-0.25, -0.2) is 10.2 Å². The van der Waals surface area contributed by atoms with E-state index in [0.29, 0.717) is 12.0 Å². The van der Waals surface area contributed by atoms with Crippen LogP contribution in [0.15, 0.2) is 12.1 Å². The third kappa shape index (κ3) is 1.82. The van der Waals surface area contributed by atoms with E-state index in [-0.39, 0.29) is 5.56 Å². The first-order valence-corrected chi connectivity index (χ1v) is 4.12. The Hall–Kier alpha value is -1.62. The number of carbonyl (C=O) groups is 1. The van der Waals surface area contributed by atoms with Crippen LogP contribution in [0, 0.1) is 5.82 Å². The number of hydrogen-bond acceptors (Lipinski definition) is 3. The molecule has 0 radical (unpaired) electrons. The summed E-state index contributed by atoms with van der Waals surface area (Å²) >= 11 is 0. The fraction of sp³-hybridized carbons (Fsp3) is 0.222. The molecule has 1 amide bonds. The van der Waals surface area contributed by atoms with Crippen molar-refractivity contribution in [3.8, 4) is 5.75 Å². The second-order valence-corrected chi connectivity index (χ2v) is 2.80. The Kier molecular flexibility index (Phi) is 3.03. The first-order chi connectivity index (χ1) is 6.60. The molecule has 0 spiro atoms. The lowest BCUT2D eigenvalue weighted by Crippen LogP contribution is -2.30. The second kappa shape index (κ2) is 4.06. The Morgan fingerprint density at radius 2 is 2.29 bits per heavy atom. The van der Waals surface area contributed by atoms with Gasteiger partial charge in [0.1, 0.15) is 0 Å². The number of benzene rings is 1. The van der Waals surface area contributed by atoms with E-state index in [9.17, 15) is 9.18 Å². The molecule has 0 atom stereocenters. The summed E-state index contributed by atoms with van der Waals surface area (Å²) in [5, 5.41) is 9.16. The molecule has 4 nitrogen and oxygen atoms in total. The summed E-state index contributed by atoms with van der Waals surface area (Å²) in [4.78, 5) is 11.1. The highest BCUT2D eigenvalue weighted by atomic mass is 19.1. The van der Waals surface area contributed by atoms with Crippen LogP contribution in [0.1, 0.15) is 22.8 Å². The molecule has 0 bridgehead atoms. The van der Waals surface area contributed by atoms with Gasteiger partial charge in [0.15, 0.2) is 11.6 Å². The number of phenols is 1. The van der Waals surface area contributed by atoms with Crippen LogP contribution in [0.2, 0.25) is 0 Å². The van der Waals surface area contributed by atoms with Crippen molar-refractivity contribution < 1.29 is 14.3 Å². The lowest BCUT2D eigenvalue weighted by atomic mass is 10.1. The van der Waals surface area contributed by atoms with Crippen molar-refractivity contribution in [1.29, 1.82) is 0 Å². The maximum Gasteiger partial charge on any atom is 0.268 e. The van der Waals surface area contributed by atoms with Crippen LogP contribution in [0.5, 0.6) is 5.75 Å². The number of nitrogens with two attached hydrogens (primary N) is 1. The van der Waals surface area contributed by atoms with Crippen LogP contribution in [-0.4, -0.2) is 11.0 Å². The summed E-state index contributed by atoms with van der Waals surface area (Å²) in [6, 6.07) is 2.64. The lowest BCUT2D eigenvalue weighted by molar-refractivity contribution is 0.0948. The monoisotopic (exact) mass is 198 g/mol. The van der Waals surface area contributed by atoms with Gasteiger partial charge in [0, 0.05) is 0 Å². The van der Waals surface area contributed by atoms with Crippen molar-refractivity contribution in [1.82, 2.24) is 5.43 Å². The van der Waals surface area contributed by atoms with E-state index >= 15 is 0 Å². The van der Waals surface area contributed by atoms with E-state index < -0.39 is 17.5 Å².